The van der Waals surface area contributed by atoms with E-state index >= 15 is 0 Å². The number of hydrogen-bond donors (Lipinski definition) is 2. The number of carbonyl (C=O) groups is 3. The number of allylic oxidation sites excluding steroid dienone is 9. The zero-order chi connectivity index (χ0) is 83.4. The molecule has 3 aliphatic heterocycles. The topological polar surface area (TPSA) is 203 Å². The summed E-state index contributed by atoms with van der Waals surface area (Å²) in [6, 6.07) is 62.7. The maximum absolute atomic E-state index is 13.1. The van der Waals surface area contributed by atoms with Gasteiger partial charge in [0.2, 0.25) is 45.8 Å². The van der Waals surface area contributed by atoms with E-state index < -0.39 is 0 Å². The Morgan fingerprint density at radius 1 is 0.442 bits per heavy atom. The summed E-state index contributed by atoms with van der Waals surface area (Å²) in [6.45, 7) is 25.7. The molecule has 0 bridgehead atoms. The molecule has 0 fully saturated rings. The molecule has 8 heterocycles. The third-order valence-corrected chi connectivity index (χ3v) is 21.3. The van der Waals surface area contributed by atoms with E-state index in [1.807, 2.05) is 267 Å². The third kappa shape index (κ3) is 18.7. The fourth-order valence-electron chi connectivity index (χ4n) is 14.5. The van der Waals surface area contributed by atoms with Gasteiger partial charge in [0.25, 0.3) is 22.1 Å². The number of hydrogen-bond acceptors (Lipinski definition) is 18. The van der Waals surface area contributed by atoms with Crippen LogP contribution in [0.5, 0.6) is 17.2 Å². The predicted molar refractivity (Wildman–Crippen MR) is 482 cm³/mol. The zero-order valence-electron chi connectivity index (χ0n) is 68.1. The van der Waals surface area contributed by atoms with E-state index in [-0.39, 0.29) is 75.2 Å². The van der Waals surface area contributed by atoms with Crippen molar-refractivity contribution in [2.75, 3.05) is 45.0 Å². The van der Waals surface area contributed by atoms with E-state index in [0.717, 1.165) is 154 Å². The van der Waals surface area contributed by atoms with E-state index in [0.29, 0.717) is 75.6 Å². The van der Waals surface area contributed by atoms with Gasteiger partial charge in [0, 0.05) is 101 Å². The fourth-order valence-corrected chi connectivity index (χ4v) is 15.6. The van der Waals surface area contributed by atoms with Crippen molar-refractivity contribution in [1.29, 1.82) is 0 Å². The fraction of sp³-hybridized carbons (Fsp3) is 0.204. The summed E-state index contributed by atoms with van der Waals surface area (Å²) in [6.07, 6.45) is 12.5. The van der Waals surface area contributed by atoms with E-state index in [1.54, 1.807) is 36.1 Å². The number of nitrogens with zero attached hydrogens (tertiary/aromatic N) is 8. The molecule has 3 aliphatic carbocycles. The molecular weight excluding hydrogens is 2020 g/mol. The average molecular weight is 2110 g/mol. The number of thioether (sulfide) groups is 1. The van der Waals surface area contributed by atoms with Crippen LogP contribution in [0.15, 0.2) is 301 Å². The maximum atomic E-state index is 13.1. The van der Waals surface area contributed by atoms with E-state index in [9.17, 15) is 19.5 Å². The second-order valence-electron chi connectivity index (χ2n) is 26.8. The van der Waals surface area contributed by atoms with Gasteiger partial charge in [0.1, 0.15) is 37.5 Å². The molecule has 2 radical (unpaired) electrons. The number of rotatable bonds is 14. The van der Waals surface area contributed by atoms with Crippen LogP contribution in [0.4, 0.5) is 17.1 Å². The molecule has 0 saturated carbocycles. The molecule has 120 heavy (non-hydrogen) atoms. The van der Waals surface area contributed by atoms with Gasteiger partial charge >= 0.3 is 56.6 Å². The van der Waals surface area contributed by atoms with Gasteiger partial charge in [-0.2, -0.15) is 18.3 Å². The summed E-state index contributed by atoms with van der Waals surface area (Å²) in [7, 11) is 0. The van der Waals surface area contributed by atoms with Crippen LogP contribution in [0.1, 0.15) is 84.8 Å². The minimum atomic E-state index is -0.237. The molecule has 0 spiro atoms. The molecule has 8 aromatic carbocycles. The van der Waals surface area contributed by atoms with Gasteiger partial charge in [-0.15, -0.1) is 24.4 Å². The third-order valence-electron chi connectivity index (χ3n) is 20.0. The Kier molecular flexibility index (Phi) is 31.7. The molecule has 20 nitrogen and oxygen atoms in total. The number of fused-ring (bicyclic) bond motifs is 8. The number of ether oxygens (including phenoxy) is 3. The Bertz CT molecular complexity index is 6090. The number of Topliss-reactive ketones (excluding diaryl/α,β-unsaturated/α-hetero) is 3. The van der Waals surface area contributed by atoms with Gasteiger partial charge in [0.15, 0.2) is 40.3 Å². The molecule has 13 aromatic rings. The summed E-state index contributed by atoms with van der Waals surface area (Å²) >= 11 is 12.7. The first kappa shape index (κ1) is 91.0. The number of thiol groups is 1. The minimum absolute atomic E-state index is 0. The molecule has 0 atom stereocenters. The number of halogens is 4. The summed E-state index contributed by atoms with van der Waals surface area (Å²) in [5, 5.41) is 10.6. The van der Waals surface area contributed by atoms with Crippen LogP contribution in [-0.2, 0) is 40.6 Å². The SMILES string of the molecule is CCI.CCN1/C(=C\C2=C(O)C(=C\c3oc4ccccc4[n+]3CC)/C2=O)Oc2ccccc21.CCN1/C(=C\C2=C(S)C(=C\c3oc4ccccc4[n+]3CC)/C2=O)Oc2ccccc21.CCN1/C(=C\C2=C(SC)C(=C\c3oc4ccccc4[n+]3CC)/C2=O)Oc2ccccc21.CC[n+]1c(C)oc2ccccc21.Cc1nc2ccccc2o1.[Br-].[Br][SnH].[I-]. The zero-order valence-corrected chi connectivity index (χ0v) is 80.6. The smallest absolute Gasteiger partial charge is 1.00 e. The predicted octanol–water partition coefficient (Wildman–Crippen LogP) is 13.8. The monoisotopic (exact) mass is 2110 g/mol. The molecule has 27 heteroatoms. The summed E-state index contributed by atoms with van der Waals surface area (Å²) in [5.74, 6) is 7.40. The first-order valence-corrected chi connectivity index (χ1v) is 49.5. The Balaban J connectivity index is 0.000000151. The number of aryl methyl sites for hydroxylation is 6. The minimum Gasteiger partial charge on any atom is -1.00 e. The van der Waals surface area contributed by atoms with Crippen LogP contribution >= 0.6 is 59.7 Å². The van der Waals surface area contributed by atoms with Crippen molar-refractivity contribution >= 4 is 188 Å². The van der Waals surface area contributed by atoms with Gasteiger partial charge < -0.3 is 97.1 Å². The van der Waals surface area contributed by atoms with Crippen LogP contribution in [0.3, 0.4) is 0 Å². The Hall–Kier alpha value is -9.70. The van der Waals surface area contributed by atoms with Crippen LogP contribution in [0.2, 0.25) is 0 Å². The van der Waals surface area contributed by atoms with Crippen LogP contribution < -0.4 is 88.1 Å². The number of aliphatic hydroxyl groups is 1. The molecule has 5 aromatic heterocycles. The molecule has 616 valence electrons. The van der Waals surface area contributed by atoms with Crippen LogP contribution in [0.25, 0.3) is 73.7 Å². The number of aromatic nitrogens is 5. The molecular formula is C93H90Br2I2N8O12S2Sn+2. The van der Waals surface area contributed by atoms with E-state index in [4.69, 9.17) is 36.3 Å². The molecule has 6 aliphatic rings. The van der Waals surface area contributed by atoms with Crippen molar-refractivity contribution in [2.24, 2.45) is 0 Å². The van der Waals surface area contributed by atoms with Gasteiger partial charge in [-0.05, 0) is 132 Å². The standard InChI is InChI=1S/C25H23N2O3S.C24H20N2O4.C24H20N2O3S.C10H12NO.C8H7NO.C2H5I.2BrH.HI.Sn.H/c1-4-26-18-10-6-8-12-20(18)29-22(26)14-16-24(28)17(25(16)31-3)15-23-27(5-2)19-11-7-9-13-21(19)30-23;1-3-25-17-9-5-7-11-19(17)29-21(25)13-15-23(27)16(24(15)28)14-22-26(4-2)18-10-6-8-12-20(18)30-22;1-3-25-17-9-5-7-11-19(17)28-21(25)13-15-23(27)16(24(15)30)14-22-26(4-2)18-10-6-8-12-20(18)29-22;1-3-11-8(2)12-10-7-5-4-6-9(10)11;1-6-9-7-4-2-3-5-8(7)10-6;1-2-3;;;;;/h6-15H,4-5H2,1-3H3;2*5-14H,3-4H2,1-2H3;4-7H,3H2,1-2H3;2-5H,1H3;2H2,1H3;3*1H;;/q+1;;;+1;;;;;;+1;/p-1. The number of benzene rings is 8. The summed E-state index contributed by atoms with van der Waals surface area (Å²) in [4.78, 5) is 50.6. The van der Waals surface area contributed by atoms with Crippen molar-refractivity contribution in [3.05, 3.63) is 308 Å². The Labute approximate surface area is 766 Å². The molecule has 0 amide bonds. The van der Waals surface area contributed by atoms with Crippen molar-refractivity contribution in [3.8, 4) is 17.2 Å². The number of carbonyl (C=O) groups excluding carboxylic acids is 3. The van der Waals surface area contributed by atoms with Gasteiger partial charge in [0.05, 0.1) is 53.4 Å². The first-order chi connectivity index (χ1) is 57.5. The molecule has 19 rings (SSSR count). The van der Waals surface area contributed by atoms with Gasteiger partial charge in [-0.25, -0.2) is 4.98 Å². The first-order valence-electron chi connectivity index (χ1n) is 39.0. The maximum Gasteiger partial charge on any atom is -1.00 e. The van der Waals surface area contributed by atoms with Crippen molar-refractivity contribution in [3.63, 3.8) is 0 Å². The molecule has 0 saturated heterocycles. The van der Waals surface area contributed by atoms with Crippen molar-refractivity contribution < 1.29 is 115 Å². The number of para-hydroxylation sites is 16. The quantitative estimate of drug-likeness (QED) is 0.0259. The van der Waals surface area contributed by atoms with Crippen LogP contribution in [-0.4, -0.2) is 78.1 Å². The number of ketones is 3. The normalized spacial score (nSPS) is 16.0. The number of anilines is 3. The summed E-state index contributed by atoms with van der Waals surface area (Å²) in [5.41, 5.74) is 15.2. The Morgan fingerprint density at radius 3 is 1.15 bits per heavy atom. The average Bonchev–Trinajstić information content (AvgIpc) is 1.50. The van der Waals surface area contributed by atoms with Gasteiger partial charge in [-0.3, -0.25) is 14.4 Å². The largest absolute Gasteiger partial charge is 1.00 e. The van der Waals surface area contributed by atoms with Crippen LogP contribution in [0, 0.1) is 13.8 Å². The van der Waals surface area contributed by atoms with Gasteiger partial charge in [-0.1, -0.05) is 127 Å². The van der Waals surface area contributed by atoms with E-state index in [1.165, 1.54) is 9.94 Å². The van der Waals surface area contributed by atoms with Crippen molar-refractivity contribution in [2.45, 2.75) is 95.4 Å². The number of aliphatic hydroxyl groups excluding tert-OH is 1. The molecule has 1 N–H and O–H groups in total. The number of oxazole rings is 5. The Morgan fingerprint density at radius 2 is 0.767 bits per heavy atom. The second-order valence-corrected chi connectivity index (χ2v) is 29.6. The number of alkyl halides is 1. The second kappa shape index (κ2) is 41.7. The van der Waals surface area contributed by atoms with Crippen molar-refractivity contribution in [1.82, 2.24) is 4.98 Å². The summed E-state index contributed by atoms with van der Waals surface area (Å²) < 4.78 is 56.1. The van der Waals surface area contributed by atoms with E-state index in [2.05, 4.69) is 101 Å². The molecule has 0 unspecified atom stereocenters.